The molecule has 5 rings (SSSR count). The van der Waals surface area contributed by atoms with Crippen molar-refractivity contribution in [1.29, 1.82) is 0 Å². The van der Waals surface area contributed by atoms with Crippen molar-refractivity contribution in [2.75, 3.05) is 0 Å². The van der Waals surface area contributed by atoms with E-state index in [1.54, 1.807) is 0 Å². The molecule has 2 aromatic carbocycles. The zero-order valence-electron chi connectivity index (χ0n) is 15.3. The molecular formula is C24H21N3. The molecule has 1 aliphatic rings. The monoisotopic (exact) mass is 351 g/mol. The minimum absolute atomic E-state index is 0.626. The second kappa shape index (κ2) is 6.51. The zero-order valence-corrected chi connectivity index (χ0v) is 15.3. The minimum Gasteiger partial charge on any atom is -0.304 e. The lowest BCUT2D eigenvalue weighted by atomic mass is 10.0. The SMILES string of the molecule is Cc1cn2cc(N=C(c3ccccc3)c3ccccc3)cc(C3CC3)c2n1. The van der Waals surface area contributed by atoms with E-state index in [1.807, 2.05) is 19.1 Å². The third-order valence-corrected chi connectivity index (χ3v) is 5.04. The molecule has 0 bridgehead atoms. The first-order valence-corrected chi connectivity index (χ1v) is 9.47. The fraction of sp³-hybridized carbons (Fsp3) is 0.167. The molecule has 4 aromatic rings. The van der Waals surface area contributed by atoms with Gasteiger partial charge in [-0.15, -0.1) is 0 Å². The Bertz CT molecular complexity index is 1080. The van der Waals surface area contributed by atoms with Crippen molar-refractivity contribution in [1.82, 2.24) is 9.38 Å². The van der Waals surface area contributed by atoms with Crippen molar-refractivity contribution in [2.45, 2.75) is 25.7 Å². The maximum Gasteiger partial charge on any atom is 0.140 e. The molecule has 0 atom stereocenters. The number of aromatic nitrogens is 2. The van der Waals surface area contributed by atoms with E-state index in [-0.39, 0.29) is 0 Å². The van der Waals surface area contributed by atoms with E-state index in [1.165, 1.54) is 18.4 Å². The number of aryl methyl sites for hydroxylation is 1. The molecule has 0 saturated heterocycles. The molecule has 1 saturated carbocycles. The number of pyridine rings is 1. The van der Waals surface area contributed by atoms with Crippen LogP contribution in [0.4, 0.5) is 5.69 Å². The van der Waals surface area contributed by atoms with Gasteiger partial charge >= 0.3 is 0 Å². The van der Waals surface area contributed by atoms with Gasteiger partial charge in [0.05, 0.1) is 17.1 Å². The number of benzene rings is 2. The molecule has 1 fully saturated rings. The topological polar surface area (TPSA) is 29.7 Å². The summed E-state index contributed by atoms with van der Waals surface area (Å²) in [6.07, 6.45) is 6.68. The lowest BCUT2D eigenvalue weighted by Crippen LogP contribution is -2.03. The van der Waals surface area contributed by atoms with Gasteiger partial charge in [-0.1, -0.05) is 60.7 Å². The first kappa shape index (κ1) is 16.0. The summed E-state index contributed by atoms with van der Waals surface area (Å²) in [6, 6.07) is 23.0. The smallest absolute Gasteiger partial charge is 0.140 e. The summed E-state index contributed by atoms with van der Waals surface area (Å²) in [5.41, 5.74) is 7.67. The number of hydrogen-bond acceptors (Lipinski definition) is 2. The summed E-state index contributed by atoms with van der Waals surface area (Å²) in [6.45, 7) is 2.05. The Morgan fingerprint density at radius 2 is 1.56 bits per heavy atom. The summed E-state index contributed by atoms with van der Waals surface area (Å²) in [7, 11) is 0. The van der Waals surface area contributed by atoms with Gasteiger partial charge in [-0.2, -0.15) is 0 Å². The Morgan fingerprint density at radius 3 is 2.15 bits per heavy atom. The summed E-state index contributed by atoms with van der Waals surface area (Å²) in [5.74, 6) is 0.626. The van der Waals surface area contributed by atoms with E-state index in [0.717, 1.165) is 33.9 Å². The quantitative estimate of drug-likeness (QED) is 0.434. The zero-order chi connectivity index (χ0) is 18.2. The normalized spacial score (nSPS) is 13.7. The van der Waals surface area contributed by atoms with Crippen molar-refractivity contribution in [3.8, 4) is 0 Å². The first-order chi connectivity index (χ1) is 13.3. The lowest BCUT2D eigenvalue weighted by Gasteiger charge is -2.09. The Balaban J connectivity index is 1.70. The van der Waals surface area contributed by atoms with Crippen molar-refractivity contribution < 1.29 is 0 Å². The van der Waals surface area contributed by atoms with Crippen molar-refractivity contribution in [2.24, 2.45) is 4.99 Å². The molecule has 0 amide bonds. The van der Waals surface area contributed by atoms with E-state index in [0.29, 0.717) is 5.92 Å². The van der Waals surface area contributed by atoms with Gasteiger partial charge in [0.2, 0.25) is 0 Å². The van der Waals surface area contributed by atoms with Crippen LogP contribution in [-0.4, -0.2) is 15.1 Å². The molecule has 3 heteroatoms. The predicted molar refractivity (Wildman–Crippen MR) is 110 cm³/mol. The third kappa shape index (κ3) is 3.17. The Kier molecular flexibility index (Phi) is 3.86. The van der Waals surface area contributed by atoms with Crippen LogP contribution in [0.3, 0.4) is 0 Å². The maximum atomic E-state index is 5.10. The fourth-order valence-electron chi connectivity index (χ4n) is 3.60. The molecule has 0 radical (unpaired) electrons. The fourth-order valence-corrected chi connectivity index (χ4v) is 3.60. The van der Waals surface area contributed by atoms with Crippen LogP contribution in [0.25, 0.3) is 5.65 Å². The summed E-state index contributed by atoms with van der Waals surface area (Å²) in [4.78, 5) is 9.82. The maximum absolute atomic E-state index is 5.10. The molecule has 0 unspecified atom stereocenters. The van der Waals surface area contributed by atoms with Gasteiger partial charge in [-0.25, -0.2) is 9.98 Å². The van der Waals surface area contributed by atoms with Crippen LogP contribution in [0, 0.1) is 6.92 Å². The van der Waals surface area contributed by atoms with E-state index >= 15 is 0 Å². The molecule has 2 aromatic heterocycles. The van der Waals surface area contributed by atoms with Gasteiger partial charge < -0.3 is 4.40 Å². The highest BCUT2D eigenvalue weighted by Gasteiger charge is 2.27. The third-order valence-electron chi connectivity index (χ3n) is 5.04. The number of aliphatic imine (C=N–C) groups is 1. The number of nitrogens with zero attached hydrogens (tertiary/aromatic N) is 3. The largest absolute Gasteiger partial charge is 0.304 e. The molecule has 0 N–H and O–H groups in total. The summed E-state index contributed by atoms with van der Waals surface area (Å²) >= 11 is 0. The first-order valence-electron chi connectivity index (χ1n) is 9.47. The van der Waals surface area contributed by atoms with Gasteiger partial charge in [0.1, 0.15) is 5.65 Å². The lowest BCUT2D eigenvalue weighted by molar-refractivity contribution is 1.07. The Hall–Kier alpha value is -3.20. The molecule has 3 nitrogen and oxygen atoms in total. The van der Waals surface area contributed by atoms with Crippen molar-refractivity contribution >= 4 is 17.0 Å². The van der Waals surface area contributed by atoms with Crippen LogP contribution in [0.2, 0.25) is 0 Å². The summed E-state index contributed by atoms with van der Waals surface area (Å²) < 4.78 is 2.13. The Labute approximate surface area is 159 Å². The summed E-state index contributed by atoms with van der Waals surface area (Å²) in [5, 5.41) is 0. The standard InChI is InChI=1S/C24H21N3/c1-17-15-27-16-21(14-22(18-12-13-18)24(27)25-17)26-23(19-8-4-2-5-9-19)20-10-6-3-7-11-20/h2-11,14-16,18H,12-13H2,1H3. The molecule has 1 aliphatic carbocycles. The molecule has 27 heavy (non-hydrogen) atoms. The van der Waals surface area contributed by atoms with Crippen LogP contribution < -0.4 is 0 Å². The predicted octanol–water partition coefficient (Wildman–Crippen LogP) is 5.69. The van der Waals surface area contributed by atoms with Crippen LogP contribution in [0.1, 0.15) is 41.1 Å². The highest BCUT2D eigenvalue weighted by Crippen LogP contribution is 2.43. The average Bonchev–Trinajstić information content (AvgIpc) is 3.48. The van der Waals surface area contributed by atoms with Gasteiger partial charge in [-0.05, 0) is 31.7 Å². The van der Waals surface area contributed by atoms with Crippen LogP contribution in [0.15, 0.2) is 84.1 Å². The highest BCUT2D eigenvalue weighted by atomic mass is 15.0. The Morgan fingerprint density at radius 1 is 0.926 bits per heavy atom. The number of rotatable bonds is 4. The number of fused-ring (bicyclic) bond motifs is 1. The van der Waals surface area contributed by atoms with Gasteiger partial charge in [0.25, 0.3) is 0 Å². The van der Waals surface area contributed by atoms with Gasteiger partial charge in [-0.3, -0.25) is 0 Å². The molecule has 2 heterocycles. The minimum atomic E-state index is 0.626. The van der Waals surface area contributed by atoms with Crippen molar-refractivity contribution in [3.05, 3.63) is 102 Å². The van der Waals surface area contributed by atoms with E-state index in [9.17, 15) is 0 Å². The van der Waals surface area contributed by atoms with Crippen LogP contribution in [0.5, 0.6) is 0 Å². The van der Waals surface area contributed by atoms with Crippen molar-refractivity contribution in [3.63, 3.8) is 0 Å². The molecular weight excluding hydrogens is 330 g/mol. The van der Waals surface area contributed by atoms with Crippen LogP contribution in [-0.2, 0) is 0 Å². The second-order valence-electron chi connectivity index (χ2n) is 7.23. The molecule has 0 aliphatic heterocycles. The second-order valence-corrected chi connectivity index (χ2v) is 7.23. The van der Waals surface area contributed by atoms with Crippen LogP contribution >= 0.6 is 0 Å². The van der Waals surface area contributed by atoms with E-state index < -0.39 is 0 Å². The van der Waals surface area contributed by atoms with Gasteiger partial charge in [0.15, 0.2) is 0 Å². The average molecular weight is 351 g/mol. The molecule has 0 spiro atoms. The highest BCUT2D eigenvalue weighted by molar-refractivity contribution is 6.13. The van der Waals surface area contributed by atoms with E-state index in [2.05, 4.69) is 71.4 Å². The number of hydrogen-bond donors (Lipinski definition) is 0. The molecule has 132 valence electrons. The van der Waals surface area contributed by atoms with Gasteiger partial charge in [0, 0.05) is 29.1 Å². The number of imidazole rings is 1. The van der Waals surface area contributed by atoms with E-state index in [4.69, 9.17) is 9.98 Å².